The highest BCUT2D eigenvalue weighted by molar-refractivity contribution is 6.05. The number of Topliss-reactive ketones (excluding diaryl/α,β-unsaturated/α-hetero) is 1. The van der Waals surface area contributed by atoms with Crippen LogP contribution in [0, 0.1) is 0 Å². The van der Waals surface area contributed by atoms with Crippen molar-refractivity contribution in [2.24, 2.45) is 4.99 Å². The highest BCUT2D eigenvalue weighted by atomic mass is 19.4. The second-order valence-electron chi connectivity index (χ2n) is 8.17. The second-order valence-corrected chi connectivity index (χ2v) is 8.17. The van der Waals surface area contributed by atoms with Crippen molar-refractivity contribution < 1.29 is 27.3 Å². The molecule has 0 bridgehead atoms. The summed E-state index contributed by atoms with van der Waals surface area (Å²) in [7, 11) is 0. The van der Waals surface area contributed by atoms with Crippen LogP contribution in [0.15, 0.2) is 34.2 Å². The number of amides is 1. The molecule has 2 aliphatic rings. The number of fused-ring (bicyclic) bond motifs is 2. The van der Waals surface area contributed by atoms with Gasteiger partial charge in [-0.05, 0) is 18.1 Å². The number of aliphatic imine (C=N–C) groups is 1. The minimum atomic E-state index is -4.53. The van der Waals surface area contributed by atoms with Crippen LogP contribution >= 0.6 is 0 Å². The van der Waals surface area contributed by atoms with Gasteiger partial charge in [-0.25, -0.2) is 19.9 Å². The standard InChI is InChI=1S/C22H17F3N6O3/c1-10(4-16(32)20-12-2-3-19(33)30-21(12)28-9-27-20)17-7-14(31-34-17)13-5-11-6-18(22(23,24)25)26-8-15(11)29-13/h6-10H,2-5H2,1H3,(H,27,28,30,33)/t10-/m0/s1. The van der Waals surface area contributed by atoms with E-state index in [0.717, 1.165) is 12.3 Å². The predicted molar refractivity (Wildman–Crippen MR) is 112 cm³/mol. The van der Waals surface area contributed by atoms with Crippen LogP contribution in [0.3, 0.4) is 0 Å². The van der Waals surface area contributed by atoms with Crippen molar-refractivity contribution in [1.82, 2.24) is 20.1 Å². The van der Waals surface area contributed by atoms with Crippen LogP contribution in [-0.4, -0.2) is 37.5 Å². The normalized spacial score (nSPS) is 15.9. The van der Waals surface area contributed by atoms with Crippen molar-refractivity contribution in [1.29, 1.82) is 0 Å². The largest absolute Gasteiger partial charge is 0.433 e. The Morgan fingerprint density at radius 1 is 1.21 bits per heavy atom. The van der Waals surface area contributed by atoms with Crippen LogP contribution in [0.2, 0.25) is 0 Å². The minimum absolute atomic E-state index is 0.0809. The second kappa shape index (κ2) is 8.12. The van der Waals surface area contributed by atoms with Crippen LogP contribution in [-0.2, 0) is 23.8 Å². The van der Waals surface area contributed by atoms with E-state index in [1.165, 1.54) is 6.33 Å². The van der Waals surface area contributed by atoms with Crippen molar-refractivity contribution in [3.05, 3.63) is 58.6 Å². The number of carbonyl (C=O) groups excluding carboxylic acids is 2. The highest BCUT2D eigenvalue weighted by Crippen LogP contribution is 2.34. The summed E-state index contributed by atoms with van der Waals surface area (Å²) in [6.45, 7) is 1.79. The minimum Gasteiger partial charge on any atom is -0.360 e. The molecular weight excluding hydrogens is 453 g/mol. The highest BCUT2D eigenvalue weighted by Gasteiger charge is 2.34. The lowest BCUT2D eigenvalue weighted by molar-refractivity contribution is -0.141. The Hall–Kier alpha value is -3.96. The average molecular weight is 470 g/mol. The summed E-state index contributed by atoms with van der Waals surface area (Å²) >= 11 is 0. The molecule has 0 radical (unpaired) electrons. The number of anilines is 1. The van der Waals surface area contributed by atoms with Crippen molar-refractivity contribution in [3.63, 3.8) is 0 Å². The molecule has 0 fully saturated rings. The average Bonchev–Trinajstić information content (AvgIpc) is 3.44. The molecule has 0 spiro atoms. The fourth-order valence-electron chi connectivity index (χ4n) is 3.96. The summed E-state index contributed by atoms with van der Waals surface area (Å²) in [4.78, 5) is 40.4. The van der Waals surface area contributed by atoms with Gasteiger partial charge in [0, 0.05) is 36.8 Å². The van der Waals surface area contributed by atoms with Crippen LogP contribution in [0.4, 0.5) is 24.7 Å². The smallest absolute Gasteiger partial charge is 0.360 e. The number of carbonyl (C=O) groups is 2. The van der Waals surface area contributed by atoms with Gasteiger partial charge < -0.3 is 9.84 Å². The van der Waals surface area contributed by atoms with E-state index in [0.29, 0.717) is 46.2 Å². The third-order valence-corrected chi connectivity index (χ3v) is 5.74. The zero-order valence-electron chi connectivity index (χ0n) is 17.8. The van der Waals surface area contributed by atoms with E-state index < -0.39 is 11.9 Å². The molecule has 5 rings (SSSR count). The zero-order valence-corrected chi connectivity index (χ0v) is 17.8. The van der Waals surface area contributed by atoms with Gasteiger partial charge in [0.25, 0.3) is 0 Å². The Kier molecular flexibility index (Phi) is 5.22. The molecule has 0 saturated heterocycles. The topological polar surface area (TPSA) is 123 Å². The number of aromatic nitrogens is 4. The number of nitrogens with one attached hydrogen (secondary N) is 1. The number of hydrogen-bond donors (Lipinski definition) is 1. The van der Waals surface area contributed by atoms with E-state index >= 15 is 0 Å². The van der Waals surface area contributed by atoms with Gasteiger partial charge in [0.05, 0.1) is 17.6 Å². The molecule has 5 heterocycles. The lowest BCUT2D eigenvalue weighted by Crippen LogP contribution is -2.23. The first-order valence-electron chi connectivity index (χ1n) is 10.5. The number of halogens is 3. The van der Waals surface area contributed by atoms with E-state index in [4.69, 9.17) is 4.52 Å². The van der Waals surface area contributed by atoms with Crippen molar-refractivity contribution in [3.8, 4) is 0 Å². The monoisotopic (exact) mass is 470 g/mol. The van der Waals surface area contributed by atoms with Gasteiger partial charge in [0.1, 0.15) is 35.0 Å². The number of pyridine rings is 1. The molecule has 1 atom stereocenters. The van der Waals surface area contributed by atoms with E-state index in [-0.39, 0.29) is 42.6 Å². The fraction of sp³-hybridized carbons (Fsp3) is 0.318. The van der Waals surface area contributed by atoms with Crippen LogP contribution in [0.25, 0.3) is 0 Å². The van der Waals surface area contributed by atoms with Crippen molar-refractivity contribution in [2.75, 3.05) is 5.32 Å². The lowest BCUT2D eigenvalue weighted by Gasteiger charge is -2.17. The molecular formula is C22H17F3N6O3. The van der Waals surface area contributed by atoms with E-state index in [2.05, 4.69) is 30.4 Å². The first kappa shape index (κ1) is 21.9. The molecule has 34 heavy (non-hydrogen) atoms. The summed E-state index contributed by atoms with van der Waals surface area (Å²) in [6.07, 6.45) is -1.31. The first-order chi connectivity index (χ1) is 16.2. The molecule has 174 valence electrons. The van der Waals surface area contributed by atoms with Gasteiger partial charge in [0.2, 0.25) is 5.91 Å². The molecule has 1 amide bonds. The molecule has 3 aromatic rings. The molecule has 0 saturated carbocycles. The summed E-state index contributed by atoms with van der Waals surface area (Å²) in [5.74, 6) is 0.0603. The molecule has 0 unspecified atom stereocenters. The Morgan fingerprint density at radius 3 is 2.82 bits per heavy atom. The molecule has 3 aromatic heterocycles. The SMILES string of the molecule is C[C@@H](CC(=O)c1ncnc2c1CCC(=O)N2)c1cc(C2=Nc3cnc(C(F)(F)F)cc3C2)no1. The van der Waals surface area contributed by atoms with Gasteiger partial charge in [0.15, 0.2) is 5.78 Å². The third-order valence-electron chi connectivity index (χ3n) is 5.74. The summed E-state index contributed by atoms with van der Waals surface area (Å²) in [5.41, 5.74) is 1.53. The third kappa shape index (κ3) is 4.06. The first-order valence-corrected chi connectivity index (χ1v) is 10.5. The quantitative estimate of drug-likeness (QED) is 0.563. The number of rotatable bonds is 5. The zero-order chi connectivity index (χ0) is 24.0. The Morgan fingerprint density at radius 2 is 2.03 bits per heavy atom. The van der Waals surface area contributed by atoms with Crippen molar-refractivity contribution in [2.45, 2.75) is 44.7 Å². The maximum atomic E-state index is 12.9. The number of nitrogens with zero attached hydrogens (tertiary/aromatic N) is 5. The lowest BCUT2D eigenvalue weighted by atomic mass is 9.95. The van der Waals surface area contributed by atoms with Crippen molar-refractivity contribution >= 4 is 28.9 Å². The number of ketones is 1. The van der Waals surface area contributed by atoms with Gasteiger partial charge in [-0.15, -0.1) is 0 Å². The number of alkyl halides is 3. The summed E-state index contributed by atoms with van der Waals surface area (Å²) in [5, 5.41) is 6.64. The maximum Gasteiger partial charge on any atom is 0.433 e. The molecule has 2 aliphatic heterocycles. The van der Waals surface area contributed by atoms with Crippen LogP contribution in [0.5, 0.6) is 0 Å². The fourth-order valence-corrected chi connectivity index (χ4v) is 3.96. The molecule has 0 aliphatic carbocycles. The Bertz CT molecular complexity index is 1350. The summed E-state index contributed by atoms with van der Waals surface area (Å²) in [6, 6.07) is 2.62. The maximum absolute atomic E-state index is 12.9. The molecule has 0 aromatic carbocycles. The summed E-state index contributed by atoms with van der Waals surface area (Å²) < 4.78 is 44.2. The van der Waals surface area contributed by atoms with Crippen LogP contribution in [0.1, 0.15) is 64.4 Å². The van der Waals surface area contributed by atoms with Gasteiger partial charge in [-0.3, -0.25) is 9.59 Å². The van der Waals surface area contributed by atoms with Crippen LogP contribution < -0.4 is 5.32 Å². The number of hydrogen-bond acceptors (Lipinski definition) is 8. The Labute approximate surface area is 190 Å². The predicted octanol–water partition coefficient (Wildman–Crippen LogP) is 3.82. The van der Waals surface area contributed by atoms with E-state index in [1.807, 2.05) is 0 Å². The molecule has 1 N–H and O–H groups in total. The molecule has 12 heteroatoms. The molecule has 9 nitrogen and oxygen atoms in total. The van der Waals surface area contributed by atoms with Gasteiger partial charge in [-0.2, -0.15) is 13.2 Å². The van der Waals surface area contributed by atoms with E-state index in [9.17, 15) is 22.8 Å². The van der Waals surface area contributed by atoms with E-state index in [1.54, 1.807) is 13.0 Å². The van der Waals surface area contributed by atoms with Gasteiger partial charge >= 0.3 is 6.18 Å². The van der Waals surface area contributed by atoms with Gasteiger partial charge in [-0.1, -0.05) is 12.1 Å². The Balaban J connectivity index is 1.30.